The number of nitrogens with one attached hydrogen (secondary N) is 1. The molecule has 0 aliphatic carbocycles. The second-order valence-electron chi connectivity index (χ2n) is 10.1. The average Bonchev–Trinajstić information content (AvgIpc) is 3.29. The lowest BCUT2D eigenvalue weighted by Crippen LogP contribution is -2.56. The standard InChI is InChI=1S/C25H33N7O/c1-25(2)17-30(16-19-6-4-3-5-7-19)13-12-21(25)27-24(33)20-10-14-31(15-11-20)23-9-8-22-28-26-18-32(22)29-23/h3-9,18,20-21H,10-17H2,1-2H3,(H,27,33)/t21-/m0/s1. The molecule has 2 aliphatic rings. The van der Waals surface area contributed by atoms with Crippen LogP contribution in [0.4, 0.5) is 5.82 Å². The fourth-order valence-electron chi connectivity index (χ4n) is 5.26. The van der Waals surface area contributed by atoms with E-state index in [0.29, 0.717) is 0 Å². The Hall–Kier alpha value is -3.00. The summed E-state index contributed by atoms with van der Waals surface area (Å²) < 4.78 is 1.69. The molecule has 0 radical (unpaired) electrons. The molecule has 0 bridgehead atoms. The molecule has 3 aromatic rings. The average molecular weight is 448 g/mol. The van der Waals surface area contributed by atoms with Crippen molar-refractivity contribution in [3.05, 3.63) is 54.4 Å². The molecule has 1 amide bonds. The molecule has 1 N–H and O–H groups in total. The van der Waals surface area contributed by atoms with Crippen molar-refractivity contribution in [2.45, 2.75) is 45.7 Å². The van der Waals surface area contributed by atoms with Gasteiger partial charge in [-0.25, -0.2) is 0 Å². The lowest BCUT2D eigenvalue weighted by Gasteiger charge is -2.45. The van der Waals surface area contributed by atoms with Crippen LogP contribution in [0.1, 0.15) is 38.7 Å². The van der Waals surface area contributed by atoms with E-state index >= 15 is 0 Å². The van der Waals surface area contributed by atoms with E-state index in [1.165, 1.54) is 5.56 Å². The highest BCUT2D eigenvalue weighted by atomic mass is 16.2. The SMILES string of the molecule is CC1(C)CN(Cc2ccccc2)CC[C@@H]1NC(=O)C1CCN(c2ccc3nncn3n2)CC1. The fourth-order valence-corrected chi connectivity index (χ4v) is 5.26. The van der Waals surface area contributed by atoms with Crippen LogP contribution in [0.2, 0.25) is 0 Å². The third-order valence-electron chi connectivity index (χ3n) is 7.21. The highest BCUT2D eigenvalue weighted by molar-refractivity contribution is 5.79. The van der Waals surface area contributed by atoms with E-state index in [9.17, 15) is 4.79 Å². The Kier molecular flexibility index (Phi) is 6.01. The highest BCUT2D eigenvalue weighted by Gasteiger charge is 2.38. The highest BCUT2D eigenvalue weighted by Crippen LogP contribution is 2.31. The first-order valence-electron chi connectivity index (χ1n) is 12.0. The van der Waals surface area contributed by atoms with Gasteiger partial charge in [0.05, 0.1) is 0 Å². The van der Waals surface area contributed by atoms with Gasteiger partial charge in [0.2, 0.25) is 5.91 Å². The zero-order valence-electron chi connectivity index (χ0n) is 19.5. The number of piperidine rings is 2. The monoisotopic (exact) mass is 447 g/mol. The minimum absolute atomic E-state index is 0.0432. The summed E-state index contributed by atoms with van der Waals surface area (Å²) in [5, 5.41) is 15.9. The van der Waals surface area contributed by atoms with Crippen LogP contribution in [0.5, 0.6) is 0 Å². The molecule has 2 aliphatic heterocycles. The van der Waals surface area contributed by atoms with Crippen LogP contribution in [0.15, 0.2) is 48.8 Å². The Bertz CT molecular complexity index is 1090. The van der Waals surface area contributed by atoms with Crippen LogP contribution in [-0.2, 0) is 11.3 Å². The second kappa shape index (κ2) is 9.09. The molecule has 1 atom stereocenters. The third kappa shape index (κ3) is 4.85. The first-order chi connectivity index (χ1) is 16.0. The summed E-state index contributed by atoms with van der Waals surface area (Å²) >= 11 is 0. The van der Waals surface area contributed by atoms with Crippen molar-refractivity contribution in [1.82, 2.24) is 30.0 Å². The van der Waals surface area contributed by atoms with Gasteiger partial charge < -0.3 is 10.2 Å². The van der Waals surface area contributed by atoms with Crippen molar-refractivity contribution in [3.8, 4) is 0 Å². The zero-order chi connectivity index (χ0) is 22.8. The maximum atomic E-state index is 13.1. The van der Waals surface area contributed by atoms with Gasteiger partial charge in [-0.05, 0) is 42.4 Å². The minimum Gasteiger partial charge on any atom is -0.355 e. The van der Waals surface area contributed by atoms with Crippen LogP contribution in [0.25, 0.3) is 5.65 Å². The summed E-state index contributed by atoms with van der Waals surface area (Å²) in [5.41, 5.74) is 2.13. The molecule has 4 heterocycles. The molecule has 0 spiro atoms. The van der Waals surface area contributed by atoms with Crippen molar-refractivity contribution in [2.75, 3.05) is 31.1 Å². The summed E-state index contributed by atoms with van der Waals surface area (Å²) in [6, 6.07) is 14.8. The smallest absolute Gasteiger partial charge is 0.223 e. The number of aromatic nitrogens is 4. The molecule has 174 valence electrons. The number of fused-ring (bicyclic) bond motifs is 1. The predicted molar refractivity (Wildman–Crippen MR) is 128 cm³/mol. The van der Waals surface area contributed by atoms with Gasteiger partial charge in [-0.15, -0.1) is 15.3 Å². The van der Waals surface area contributed by atoms with Crippen molar-refractivity contribution in [1.29, 1.82) is 0 Å². The van der Waals surface area contributed by atoms with Gasteiger partial charge in [0.1, 0.15) is 12.1 Å². The molecule has 33 heavy (non-hydrogen) atoms. The second-order valence-corrected chi connectivity index (χ2v) is 10.1. The summed E-state index contributed by atoms with van der Waals surface area (Å²) in [7, 11) is 0. The van der Waals surface area contributed by atoms with Gasteiger partial charge in [0.25, 0.3) is 0 Å². The molecule has 8 nitrogen and oxygen atoms in total. The quantitative estimate of drug-likeness (QED) is 0.648. The summed E-state index contributed by atoms with van der Waals surface area (Å²) in [6.45, 7) is 9.20. The van der Waals surface area contributed by atoms with Gasteiger partial charge in [-0.2, -0.15) is 4.52 Å². The topological polar surface area (TPSA) is 78.7 Å². The number of benzene rings is 1. The van der Waals surface area contributed by atoms with E-state index in [-0.39, 0.29) is 23.3 Å². The van der Waals surface area contributed by atoms with Crippen LogP contribution in [-0.4, -0.2) is 62.8 Å². The number of amides is 1. The number of carbonyl (C=O) groups excluding carboxylic acids is 1. The Morgan fingerprint density at radius 1 is 1.06 bits per heavy atom. The molecule has 5 rings (SSSR count). The Balaban J connectivity index is 1.13. The normalized spacial score (nSPS) is 21.9. The molecule has 2 aromatic heterocycles. The molecule has 2 fully saturated rings. The van der Waals surface area contributed by atoms with Gasteiger partial charge in [0, 0.05) is 44.7 Å². The van der Waals surface area contributed by atoms with E-state index in [4.69, 9.17) is 0 Å². The number of rotatable bonds is 5. The number of anilines is 1. The molecule has 2 saturated heterocycles. The summed E-state index contributed by atoms with van der Waals surface area (Å²) in [4.78, 5) is 17.9. The summed E-state index contributed by atoms with van der Waals surface area (Å²) in [5.74, 6) is 1.19. The van der Waals surface area contributed by atoms with E-state index < -0.39 is 0 Å². The Labute approximate surface area is 195 Å². The molecule has 8 heteroatoms. The number of nitrogens with zero attached hydrogens (tertiary/aromatic N) is 6. The van der Waals surface area contributed by atoms with Crippen LogP contribution in [0, 0.1) is 11.3 Å². The van der Waals surface area contributed by atoms with Crippen molar-refractivity contribution >= 4 is 17.4 Å². The molecule has 0 saturated carbocycles. The maximum absolute atomic E-state index is 13.1. The van der Waals surface area contributed by atoms with E-state index in [2.05, 4.69) is 74.6 Å². The van der Waals surface area contributed by atoms with Crippen molar-refractivity contribution < 1.29 is 4.79 Å². The Morgan fingerprint density at radius 3 is 2.61 bits per heavy atom. The van der Waals surface area contributed by atoms with Gasteiger partial charge >= 0.3 is 0 Å². The van der Waals surface area contributed by atoms with E-state index in [1.807, 2.05) is 12.1 Å². The van der Waals surface area contributed by atoms with E-state index in [0.717, 1.165) is 63.5 Å². The number of carbonyl (C=O) groups is 1. The lowest BCUT2D eigenvalue weighted by molar-refractivity contribution is -0.127. The van der Waals surface area contributed by atoms with Crippen LogP contribution >= 0.6 is 0 Å². The predicted octanol–water partition coefficient (Wildman–Crippen LogP) is 2.76. The number of hydrogen-bond acceptors (Lipinski definition) is 6. The van der Waals surface area contributed by atoms with Crippen molar-refractivity contribution in [3.63, 3.8) is 0 Å². The summed E-state index contributed by atoms with van der Waals surface area (Å²) in [6.07, 6.45) is 4.31. The van der Waals surface area contributed by atoms with Gasteiger partial charge in [-0.3, -0.25) is 9.69 Å². The fraction of sp³-hybridized carbons (Fsp3) is 0.520. The minimum atomic E-state index is 0.0432. The van der Waals surface area contributed by atoms with Crippen LogP contribution < -0.4 is 10.2 Å². The van der Waals surface area contributed by atoms with Gasteiger partial charge in [-0.1, -0.05) is 44.2 Å². The zero-order valence-corrected chi connectivity index (χ0v) is 19.5. The molecule has 1 aromatic carbocycles. The van der Waals surface area contributed by atoms with E-state index in [1.54, 1.807) is 10.8 Å². The Morgan fingerprint density at radius 2 is 1.85 bits per heavy atom. The first kappa shape index (κ1) is 21.8. The molecule has 0 unspecified atom stereocenters. The third-order valence-corrected chi connectivity index (χ3v) is 7.21. The van der Waals surface area contributed by atoms with Gasteiger partial charge in [0.15, 0.2) is 5.65 Å². The largest absolute Gasteiger partial charge is 0.355 e. The number of likely N-dealkylation sites (tertiary alicyclic amines) is 1. The maximum Gasteiger partial charge on any atom is 0.223 e. The first-order valence-corrected chi connectivity index (χ1v) is 12.0. The molecular formula is C25H33N7O. The number of hydrogen-bond donors (Lipinski definition) is 1. The molecular weight excluding hydrogens is 414 g/mol. The van der Waals surface area contributed by atoms with Crippen molar-refractivity contribution in [2.24, 2.45) is 11.3 Å². The van der Waals surface area contributed by atoms with Crippen LogP contribution in [0.3, 0.4) is 0 Å². The lowest BCUT2D eigenvalue weighted by atomic mass is 9.78.